The van der Waals surface area contributed by atoms with E-state index in [1.807, 2.05) is 66.0 Å². The van der Waals surface area contributed by atoms with Crippen LogP contribution in [0.4, 0.5) is 8.63 Å². The number of nitrogens with one attached hydrogen (secondary N) is 4. The quantitative estimate of drug-likeness (QED) is 0.00889. The van der Waals surface area contributed by atoms with Gasteiger partial charge in [0.05, 0.1) is 46.3 Å². The van der Waals surface area contributed by atoms with E-state index >= 15 is 8.63 Å². The summed E-state index contributed by atoms with van der Waals surface area (Å²) in [5.41, 5.74) is 6.89. The van der Waals surface area contributed by atoms with Crippen molar-refractivity contribution in [2.24, 2.45) is 0 Å². The van der Waals surface area contributed by atoms with Crippen LogP contribution in [0.25, 0.3) is 16.6 Å². The maximum Gasteiger partial charge on any atom is 0.737 e. The minimum Gasteiger partial charge on any atom is -0.497 e. The molecule has 25 heteroatoms. The van der Waals surface area contributed by atoms with Crippen molar-refractivity contribution in [2.75, 3.05) is 60.2 Å². The largest absolute Gasteiger partial charge is 0.737 e. The zero-order valence-electron chi connectivity index (χ0n) is 49.1. The fourth-order valence-electron chi connectivity index (χ4n) is 11.3. The number of amides is 4. The Balaban J connectivity index is 0.737. The summed E-state index contributed by atoms with van der Waals surface area (Å²) < 4.78 is 83.1. The highest BCUT2D eigenvalue weighted by atomic mass is 32.2. The van der Waals surface area contributed by atoms with Crippen molar-refractivity contribution in [1.82, 2.24) is 25.7 Å². The van der Waals surface area contributed by atoms with Gasteiger partial charge in [-0.2, -0.15) is 8.42 Å². The van der Waals surface area contributed by atoms with Gasteiger partial charge >= 0.3 is 14.1 Å². The van der Waals surface area contributed by atoms with Gasteiger partial charge in [0.15, 0.2) is 17.2 Å². The molecule has 1 unspecified atom stereocenters. The number of carbonyl (C=O) groups excluding carboxylic acids is 5. The molecule has 0 saturated heterocycles. The molecule has 3 aliphatic rings. The number of hydrogen-bond acceptors (Lipinski definition) is 12. The van der Waals surface area contributed by atoms with Gasteiger partial charge in [-0.05, 0) is 109 Å². The first-order valence-corrected chi connectivity index (χ1v) is 32.5. The number of hydrogen-bond donors (Lipinski definition) is 6. The van der Waals surface area contributed by atoms with E-state index < -0.39 is 53.7 Å². The van der Waals surface area contributed by atoms with E-state index in [4.69, 9.17) is 9.39 Å². The van der Waals surface area contributed by atoms with E-state index in [9.17, 15) is 42.0 Å². The molecule has 87 heavy (non-hydrogen) atoms. The Morgan fingerprint density at radius 2 is 1.47 bits per heavy atom. The Hall–Kier alpha value is -7.38. The molecule has 6 N–H and O–H groups in total. The van der Waals surface area contributed by atoms with Gasteiger partial charge in [0.1, 0.15) is 17.5 Å². The van der Waals surface area contributed by atoms with Crippen molar-refractivity contribution in [3.8, 4) is 16.3 Å². The van der Waals surface area contributed by atoms with Crippen LogP contribution < -0.4 is 31.5 Å². The summed E-state index contributed by atoms with van der Waals surface area (Å²) >= 11 is 2.69. The van der Waals surface area contributed by atoms with Gasteiger partial charge < -0.3 is 57.8 Å². The molecule has 4 amide bonds. The number of halogens is 2. The maximum atomic E-state index is 17.5. The second-order valence-electron chi connectivity index (χ2n) is 22.9. The molecule has 6 aromatic rings. The van der Waals surface area contributed by atoms with Crippen molar-refractivity contribution >= 4 is 93.5 Å². The molecule has 458 valence electrons. The van der Waals surface area contributed by atoms with Crippen molar-refractivity contribution in [3.05, 3.63) is 169 Å². The number of ketones is 1. The number of methoxy groups -OCH3 is 1. The number of aromatic nitrogens is 1. The summed E-state index contributed by atoms with van der Waals surface area (Å²) in [7, 11) is 1.70. The molecule has 0 fully saturated rings. The lowest BCUT2D eigenvalue weighted by molar-refractivity contribution is -0.870. The second kappa shape index (κ2) is 28.2. The summed E-state index contributed by atoms with van der Waals surface area (Å²) in [6.45, 7) is -3.45. The highest BCUT2D eigenvalue weighted by Crippen LogP contribution is 2.43. The van der Waals surface area contributed by atoms with Crippen LogP contribution in [-0.2, 0) is 55.0 Å². The monoisotopic (exact) mass is 1250 g/mol. The number of fused-ring (bicyclic) bond motifs is 3. The molecular weight excluding hydrogens is 1170 g/mol. The van der Waals surface area contributed by atoms with Crippen LogP contribution in [0.2, 0.25) is 0 Å². The number of benzene rings is 3. The van der Waals surface area contributed by atoms with Gasteiger partial charge in [-0.25, -0.2) is 0 Å². The molecule has 1 atom stereocenters. The third-order valence-corrected chi connectivity index (χ3v) is 18.1. The normalized spacial score (nSPS) is 14.6. The SMILES string of the molecule is COc1c(CCCCc2ccc(C(=O)c3ccccc3)cc2)cc(C(=O)NCCNC(=O)CCCCNC(=O)C(CS(=O)(=O)O)NC(=O)CCC2=CC(c3cccs3)=[N+]3C2=Cc2c(CCC[N+](C)(C)C)cc(-c4cccs4)n2[B-]3(F)F)c2c1B(O)OC2. The standard InChI is InChI=1S/C62H71B2F2N7O11S3/c1-73(2,3)32-12-19-44-36-52(54-20-13-33-85-54)71-50(44)38-51-45(37-53(55-21-14-34-86-55)72(51)64(71,65)66)27-28-57(75)70-49(40-87(80,81)82)62(78)68-29-11-10-22-56(74)67-30-31-69-61(77)47-35-46(60(83-4)58-48(47)39-84-63(58)79)18-9-8-15-41-23-25-43(26-24-41)59(76)42-16-6-5-7-17-42/h5-7,13-14,16-17,20-21,23-26,33-38,49,79H,8-12,15,18-19,22,27-32,39-40H2,1-4H3,(H4-,67,68,69,70,74,75,77,78,80,81,82)/p+1. The number of thiophene rings is 2. The molecule has 0 spiro atoms. The van der Waals surface area contributed by atoms with Crippen LogP contribution in [0.15, 0.2) is 119 Å². The third kappa shape index (κ3) is 15.9. The molecule has 18 nitrogen and oxygen atoms in total. The zero-order valence-corrected chi connectivity index (χ0v) is 51.6. The topological polar surface area (TPSA) is 234 Å². The third-order valence-electron chi connectivity index (χ3n) is 15.5. The fourth-order valence-corrected chi connectivity index (χ4v) is 13.4. The summed E-state index contributed by atoms with van der Waals surface area (Å²) in [5, 5.41) is 25.0. The molecule has 0 radical (unpaired) electrons. The average Bonchev–Trinajstić information content (AvgIpc) is 1.58. The van der Waals surface area contributed by atoms with E-state index in [1.165, 1.54) is 29.8 Å². The summed E-state index contributed by atoms with van der Waals surface area (Å²) in [5.74, 6) is -3.06. The Kier molecular flexibility index (Phi) is 20.8. The summed E-state index contributed by atoms with van der Waals surface area (Å²) in [6, 6.07) is 25.8. The van der Waals surface area contributed by atoms with Gasteiger partial charge in [0.2, 0.25) is 17.7 Å². The number of carbonyl (C=O) groups is 5. The molecule has 0 bridgehead atoms. The molecule has 3 aromatic carbocycles. The smallest absolute Gasteiger partial charge is 0.497 e. The van der Waals surface area contributed by atoms with Crippen molar-refractivity contribution in [1.29, 1.82) is 0 Å². The zero-order chi connectivity index (χ0) is 62.0. The van der Waals surface area contributed by atoms with Crippen molar-refractivity contribution in [3.63, 3.8) is 0 Å². The highest BCUT2D eigenvalue weighted by Gasteiger charge is 2.55. The molecule has 0 aliphatic carbocycles. The molecule has 3 aromatic heterocycles. The maximum absolute atomic E-state index is 17.5. The van der Waals surface area contributed by atoms with E-state index in [1.54, 1.807) is 47.9 Å². The second-order valence-corrected chi connectivity index (χ2v) is 26.3. The van der Waals surface area contributed by atoms with E-state index in [2.05, 4.69) is 42.4 Å². The minimum atomic E-state index is -4.77. The van der Waals surface area contributed by atoms with E-state index in [-0.39, 0.29) is 75.0 Å². The van der Waals surface area contributed by atoms with Gasteiger partial charge in [-0.1, -0.05) is 66.7 Å². The molecule has 9 rings (SSSR count). The lowest BCUT2D eigenvalue weighted by Crippen LogP contribution is -2.51. The van der Waals surface area contributed by atoms with Crippen LogP contribution >= 0.6 is 22.7 Å². The Morgan fingerprint density at radius 1 is 0.782 bits per heavy atom. The molecular formula is C62H72B2F2N7O11S3+. The Bertz CT molecular complexity index is 3720. The predicted octanol–water partition coefficient (Wildman–Crippen LogP) is 6.94. The number of nitrogens with zero attached hydrogens (tertiary/aromatic N) is 3. The van der Waals surface area contributed by atoms with Gasteiger partial charge in [-0.3, -0.25) is 28.5 Å². The lowest BCUT2D eigenvalue weighted by atomic mass is 9.75. The van der Waals surface area contributed by atoms with E-state index in [0.29, 0.717) is 83.9 Å². The first-order chi connectivity index (χ1) is 41.6. The summed E-state index contributed by atoms with van der Waals surface area (Å²) in [4.78, 5) is 67.6. The number of unbranched alkanes of at least 4 members (excludes halogenated alkanes) is 2. The van der Waals surface area contributed by atoms with Crippen LogP contribution in [0.5, 0.6) is 5.75 Å². The molecule has 6 heterocycles. The average molecular weight is 1250 g/mol. The van der Waals surface area contributed by atoms with Gasteiger partial charge in [-0.15, -0.1) is 22.7 Å². The minimum absolute atomic E-state index is 0.0000699. The fraction of sp³-hybridized carbons (Fsp3) is 0.355. The number of ether oxygens (including phenoxy) is 1. The predicted molar refractivity (Wildman–Crippen MR) is 335 cm³/mol. The van der Waals surface area contributed by atoms with E-state index in [0.717, 1.165) is 57.9 Å². The van der Waals surface area contributed by atoms with Crippen molar-refractivity contribution in [2.45, 2.75) is 83.3 Å². The Labute approximate surface area is 513 Å². The first kappa shape index (κ1) is 64.1. The number of allylic oxidation sites excluding steroid dienone is 2. The number of quaternary nitrogens is 1. The number of aryl methyl sites for hydroxylation is 3. The number of rotatable bonds is 30. The molecule has 3 aliphatic heterocycles. The highest BCUT2D eigenvalue weighted by molar-refractivity contribution is 7.85. The lowest BCUT2D eigenvalue weighted by Gasteiger charge is -2.31. The van der Waals surface area contributed by atoms with Gasteiger partial charge in [0.25, 0.3) is 16.0 Å². The van der Waals surface area contributed by atoms with Crippen LogP contribution in [0, 0.1) is 0 Å². The van der Waals surface area contributed by atoms with Crippen LogP contribution in [0.1, 0.15) is 110 Å². The van der Waals surface area contributed by atoms with Crippen LogP contribution in [0.3, 0.4) is 0 Å². The van der Waals surface area contributed by atoms with Crippen LogP contribution in [-0.4, -0.2) is 147 Å². The Morgan fingerprint density at radius 3 is 2.16 bits per heavy atom. The van der Waals surface area contributed by atoms with Crippen molar-refractivity contribution < 1.29 is 69.0 Å². The van der Waals surface area contributed by atoms with Gasteiger partial charge in [0, 0.05) is 95.0 Å². The molecule has 0 saturated carbocycles. The first-order valence-electron chi connectivity index (χ1n) is 29.1. The summed E-state index contributed by atoms with van der Waals surface area (Å²) in [6.07, 6.45) is 7.92.